The van der Waals surface area contributed by atoms with Crippen molar-refractivity contribution in [1.82, 2.24) is 15.5 Å². The van der Waals surface area contributed by atoms with Gasteiger partial charge in [-0.1, -0.05) is 6.42 Å². The summed E-state index contributed by atoms with van der Waals surface area (Å²) in [5.74, 6) is 1.73. The molecule has 98 valence electrons. The Morgan fingerprint density at radius 3 is 2.39 bits per heavy atom. The highest BCUT2D eigenvalue weighted by molar-refractivity contribution is 5.38. The molecule has 0 amide bonds. The molecule has 2 fully saturated rings. The molecule has 1 aromatic heterocycles. The van der Waals surface area contributed by atoms with Crippen molar-refractivity contribution in [3.63, 3.8) is 0 Å². The number of aromatic nitrogens is 2. The van der Waals surface area contributed by atoms with Gasteiger partial charge in [0.05, 0.1) is 5.69 Å². The Kier molecular flexibility index (Phi) is 3.46. The lowest BCUT2D eigenvalue weighted by Gasteiger charge is -2.32. The van der Waals surface area contributed by atoms with E-state index in [0.29, 0.717) is 12.0 Å². The SMILES string of the molecule is CNC1CCN(c2ccc(C3CCC3)nn2)CC1. The van der Waals surface area contributed by atoms with Gasteiger partial charge in [-0.05, 0) is 44.9 Å². The topological polar surface area (TPSA) is 41.0 Å². The summed E-state index contributed by atoms with van der Waals surface area (Å²) in [5.41, 5.74) is 1.19. The maximum atomic E-state index is 4.41. The molecule has 3 rings (SSSR count). The van der Waals surface area contributed by atoms with E-state index in [-0.39, 0.29) is 0 Å². The lowest BCUT2D eigenvalue weighted by atomic mass is 9.83. The minimum Gasteiger partial charge on any atom is -0.355 e. The molecule has 2 heterocycles. The molecule has 0 spiro atoms. The largest absolute Gasteiger partial charge is 0.355 e. The van der Waals surface area contributed by atoms with Crippen molar-refractivity contribution in [3.05, 3.63) is 17.8 Å². The number of nitrogens with one attached hydrogen (secondary N) is 1. The highest BCUT2D eigenvalue weighted by Crippen LogP contribution is 2.35. The van der Waals surface area contributed by atoms with Crippen LogP contribution in [0.2, 0.25) is 0 Å². The van der Waals surface area contributed by atoms with Gasteiger partial charge in [-0.2, -0.15) is 5.10 Å². The Hall–Kier alpha value is -1.16. The second-order valence-electron chi connectivity index (χ2n) is 5.49. The molecular formula is C14H22N4. The summed E-state index contributed by atoms with van der Waals surface area (Å²) in [6, 6.07) is 5.00. The average Bonchev–Trinajstić information content (AvgIpc) is 2.38. The van der Waals surface area contributed by atoms with Gasteiger partial charge in [-0.3, -0.25) is 0 Å². The standard InChI is InChI=1S/C14H22N4/c1-15-12-7-9-18(10-8-12)14-6-5-13(16-17-14)11-3-2-4-11/h5-6,11-12,15H,2-4,7-10H2,1H3. The summed E-state index contributed by atoms with van der Waals surface area (Å²) in [4.78, 5) is 2.35. The average molecular weight is 246 g/mol. The molecule has 1 aliphatic carbocycles. The predicted molar refractivity (Wildman–Crippen MR) is 72.9 cm³/mol. The van der Waals surface area contributed by atoms with Crippen LogP contribution < -0.4 is 10.2 Å². The van der Waals surface area contributed by atoms with Crippen LogP contribution in [0.25, 0.3) is 0 Å². The molecule has 0 radical (unpaired) electrons. The van der Waals surface area contributed by atoms with Crippen molar-refractivity contribution in [3.8, 4) is 0 Å². The van der Waals surface area contributed by atoms with Crippen molar-refractivity contribution in [2.45, 2.75) is 44.1 Å². The summed E-state index contributed by atoms with van der Waals surface area (Å²) in [7, 11) is 2.05. The van der Waals surface area contributed by atoms with E-state index in [4.69, 9.17) is 0 Å². The quantitative estimate of drug-likeness (QED) is 0.885. The number of nitrogens with zero attached hydrogens (tertiary/aromatic N) is 3. The Morgan fingerprint density at radius 2 is 1.89 bits per heavy atom. The number of rotatable bonds is 3. The lowest BCUT2D eigenvalue weighted by Crippen LogP contribution is -2.41. The molecule has 0 aromatic carbocycles. The van der Waals surface area contributed by atoms with Gasteiger partial charge >= 0.3 is 0 Å². The zero-order chi connectivity index (χ0) is 12.4. The van der Waals surface area contributed by atoms with Crippen LogP contribution in [0.15, 0.2) is 12.1 Å². The lowest BCUT2D eigenvalue weighted by molar-refractivity contribution is 0.407. The molecule has 2 aliphatic rings. The summed E-state index contributed by atoms with van der Waals surface area (Å²) >= 11 is 0. The van der Waals surface area contributed by atoms with Gasteiger partial charge in [0.25, 0.3) is 0 Å². The van der Waals surface area contributed by atoms with Crippen LogP contribution in [0, 0.1) is 0 Å². The second kappa shape index (κ2) is 5.22. The molecule has 18 heavy (non-hydrogen) atoms. The summed E-state index contributed by atoms with van der Waals surface area (Å²) < 4.78 is 0. The molecule has 0 unspecified atom stereocenters. The Labute approximate surface area is 109 Å². The molecule has 1 saturated heterocycles. The molecule has 1 saturated carbocycles. The van der Waals surface area contributed by atoms with Crippen LogP contribution >= 0.6 is 0 Å². The van der Waals surface area contributed by atoms with E-state index in [9.17, 15) is 0 Å². The van der Waals surface area contributed by atoms with Gasteiger partial charge in [0.1, 0.15) is 0 Å². The second-order valence-corrected chi connectivity index (χ2v) is 5.49. The fraction of sp³-hybridized carbons (Fsp3) is 0.714. The van der Waals surface area contributed by atoms with Crippen LogP contribution in [0.5, 0.6) is 0 Å². The zero-order valence-corrected chi connectivity index (χ0v) is 11.1. The summed E-state index contributed by atoms with van der Waals surface area (Å²) in [6.45, 7) is 2.17. The normalized spacial score (nSPS) is 21.9. The van der Waals surface area contributed by atoms with E-state index in [1.807, 2.05) is 7.05 Å². The minimum absolute atomic E-state index is 0.670. The van der Waals surface area contributed by atoms with Gasteiger partial charge in [0.15, 0.2) is 5.82 Å². The maximum Gasteiger partial charge on any atom is 0.151 e. The van der Waals surface area contributed by atoms with E-state index < -0.39 is 0 Å². The molecule has 1 aliphatic heterocycles. The first-order valence-corrected chi connectivity index (χ1v) is 7.12. The number of piperidine rings is 1. The summed E-state index contributed by atoms with van der Waals surface area (Å²) in [6.07, 6.45) is 6.33. The minimum atomic E-state index is 0.670. The van der Waals surface area contributed by atoms with Gasteiger partial charge in [-0.25, -0.2) is 0 Å². The molecule has 4 heteroatoms. The van der Waals surface area contributed by atoms with Gasteiger partial charge in [0, 0.05) is 25.0 Å². The zero-order valence-electron chi connectivity index (χ0n) is 11.1. The van der Waals surface area contributed by atoms with E-state index in [1.54, 1.807) is 0 Å². The summed E-state index contributed by atoms with van der Waals surface area (Å²) in [5, 5.41) is 12.2. The number of hydrogen-bond acceptors (Lipinski definition) is 4. The van der Waals surface area contributed by atoms with Crippen LogP contribution in [-0.4, -0.2) is 36.4 Å². The third-order valence-corrected chi connectivity index (χ3v) is 4.42. The third kappa shape index (κ3) is 2.34. The highest BCUT2D eigenvalue weighted by atomic mass is 15.3. The first-order chi connectivity index (χ1) is 8.86. The van der Waals surface area contributed by atoms with E-state index in [0.717, 1.165) is 18.9 Å². The van der Waals surface area contributed by atoms with E-state index >= 15 is 0 Å². The van der Waals surface area contributed by atoms with Crippen LogP contribution in [0.1, 0.15) is 43.7 Å². The number of hydrogen-bond donors (Lipinski definition) is 1. The molecule has 1 N–H and O–H groups in total. The maximum absolute atomic E-state index is 4.41. The number of anilines is 1. The predicted octanol–water partition coefficient (Wildman–Crippen LogP) is 1.93. The Morgan fingerprint density at radius 1 is 1.11 bits per heavy atom. The Bertz CT molecular complexity index is 377. The molecular weight excluding hydrogens is 224 g/mol. The monoisotopic (exact) mass is 246 g/mol. The fourth-order valence-corrected chi connectivity index (χ4v) is 2.82. The van der Waals surface area contributed by atoms with Crippen molar-refractivity contribution in [2.75, 3.05) is 25.0 Å². The van der Waals surface area contributed by atoms with Crippen molar-refractivity contribution in [1.29, 1.82) is 0 Å². The third-order valence-electron chi connectivity index (χ3n) is 4.42. The molecule has 1 aromatic rings. The van der Waals surface area contributed by atoms with E-state index in [2.05, 4.69) is 32.5 Å². The molecule has 4 nitrogen and oxygen atoms in total. The van der Waals surface area contributed by atoms with Crippen molar-refractivity contribution < 1.29 is 0 Å². The molecule has 0 atom stereocenters. The highest BCUT2D eigenvalue weighted by Gasteiger charge is 2.22. The van der Waals surface area contributed by atoms with Gasteiger partial charge in [0.2, 0.25) is 0 Å². The van der Waals surface area contributed by atoms with E-state index in [1.165, 1.54) is 37.8 Å². The van der Waals surface area contributed by atoms with Gasteiger partial charge in [-0.15, -0.1) is 5.10 Å². The van der Waals surface area contributed by atoms with Gasteiger partial charge < -0.3 is 10.2 Å². The van der Waals surface area contributed by atoms with Crippen LogP contribution in [0.4, 0.5) is 5.82 Å². The smallest absolute Gasteiger partial charge is 0.151 e. The van der Waals surface area contributed by atoms with Crippen LogP contribution in [-0.2, 0) is 0 Å². The first kappa shape index (κ1) is 11.9. The Balaban J connectivity index is 1.62. The van der Waals surface area contributed by atoms with Crippen molar-refractivity contribution >= 4 is 5.82 Å². The first-order valence-electron chi connectivity index (χ1n) is 7.12. The fourth-order valence-electron chi connectivity index (χ4n) is 2.82. The van der Waals surface area contributed by atoms with Crippen LogP contribution in [0.3, 0.4) is 0 Å². The molecule has 0 bridgehead atoms. The van der Waals surface area contributed by atoms with Crippen molar-refractivity contribution in [2.24, 2.45) is 0 Å².